The number of hydrogen-bond donors (Lipinski definition) is 2. The zero-order chi connectivity index (χ0) is 25.8. The normalized spacial score (nSPS) is 50.0. The van der Waals surface area contributed by atoms with Crippen LogP contribution in [0.4, 0.5) is 0 Å². The number of cyclic esters (lactones) is 1. The Morgan fingerprint density at radius 2 is 1.68 bits per heavy atom. The summed E-state index contributed by atoms with van der Waals surface area (Å²) in [5.74, 6) is -4.46. The van der Waals surface area contributed by atoms with Crippen LogP contribution in [-0.4, -0.2) is 58.6 Å². The largest absolute Gasteiger partial charge is 0.466 e. The van der Waals surface area contributed by atoms with Gasteiger partial charge < -0.3 is 19.7 Å². The van der Waals surface area contributed by atoms with E-state index in [2.05, 4.69) is 6.58 Å². The number of allylic oxidation sites excluding steroid dienone is 1. The average Bonchev–Trinajstić information content (AvgIpc) is 2.75. The summed E-state index contributed by atoms with van der Waals surface area (Å²) in [5.41, 5.74) is -5.90. The van der Waals surface area contributed by atoms with E-state index < -0.39 is 69.0 Å². The van der Waals surface area contributed by atoms with Gasteiger partial charge in [-0.3, -0.25) is 14.4 Å². The zero-order valence-corrected chi connectivity index (χ0v) is 21.1. The molecular formula is C26H36O8. The number of Topliss-reactive ketones (excluding diaryl/α,β-unsaturated/α-hetero) is 2. The van der Waals surface area contributed by atoms with Gasteiger partial charge in [0.15, 0.2) is 5.78 Å². The van der Waals surface area contributed by atoms with Crippen LogP contribution in [0, 0.1) is 39.4 Å². The molecule has 1 heterocycles. The number of ether oxygens (including phenoxy) is 2. The SMILES string of the molecule is C=C1C[C@H]2[C@]3(C)CCC(=O)C(C)(C)[C@H]3[C@@H](O)[C@@H](O)[C@]2(C)[C@@H]2C(=O)O[C@](C)(C(=O)OC)C(=O)[C@]12C. The van der Waals surface area contributed by atoms with Crippen molar-refractivity contribution in [2.75, 3.05) is 7.11 Å². The van der Waals surface area contributed by atoms with Crippen LogP contribution in [0.25, 0.3) is 0 Å². The molecule has 4 fully saturated rings. The van der Waals surface area contributed by atoms with E-state index in [1.54, 1.807) is 27.7 Å². The number of aliphatic hydroxyl groups excluding tert-OH is 2. The fourth-order valence-electron chi connectivity index (χ4n) is 8.56. The molecule has 0 radical (unpaired) electrons. The van der Waals surface area contributed by atoms with Gasteiger partial charge in [0.05, 0.1) is 30.7 Å². The van der Waals surface area contributed by atoms with Gasteiger partial charge in [-0.1, -0.05) is 39.8 Å². The van der Waals surface area contributed by atoms with Crippen molar-refractivity contribution in [2.24, 2.45) is 39.4 Å². The molecule has 0 unspecified atom stereocenters. The first kappa shape index (κ1) is 25.0. The Hall–Kier alpha value is -2.06. The molecule has 1 aliphatic heterocycles. The lowest BCUT2D eigenvalue weighted by Gasteiger charge is -2.70. The Labute approximate surface area is 200 Å². The van der Waals surface area contributed by atoms with Crippen molar-refractivity contribution in [3.8, 4) is 0 Å². The van der Waals surface area contributed by atoms with Gasteiger partial charge in [-0.15, -0.1) is 0 Å². The Kier molecular flexibility index (Phi) is 5.16. The van der Waals surface area contributed by atoms with Crippen LogP contribution in [-0.2, 0) is 28.7 Å². The fourth-order valence-corrected chi connectivity index (χ4v) is 8.56. The van der Waals surface area contributed by atoms with Crippen molar-refractivity contribution < 1.29 is 38.9 Å². The molecule has 0 aromatic heterocycles. The lowest BCUT2D eigenvalue weighted by molar-refractivity contribution is -0.273. The van der Waals surface area contributed by atoms with Gasteiger partial charge in [-0.2, -0.15) is 0 Å². The first-order valence-corrected chi connectivity index (χ1v) is 11.9. The minimum Gasteiger partial charge on any atom is -0.466 e. The van der Waals surface area contributed by atoms with Crippen LogP contribution in [0.5, 0.6) is 0 Å². The number of fused-ring (bicyclic) bond motifs is 5. The van der Waals surface area contributed by atoms with Crippen LogP contribution >= 0.6 is 0 Å². The second-order valence-corrected chi connectivity index (χ2v) is 12.2. The van der Waals surface area contributed by atoms with E-state index >= 15 is 0 Å². The summed E-state index contributed by atoms with van der Waals surface area (Å²) in [6.45, 7) is 14.3. The van der Waals surface area contributed by atoms with Gasteiger partial charge in [-0.25, -0.2) is 4.79 Å². The highest BCUT2D eigenvalue weighted by Crippen LogP contribution is 2.72. The minimum absolute atomic E-state index is 0.0328. The number of methoxy groups -OCH3 is 1. The zero-order valence-electron chi connectivity index (χ0n) is 21.1. The van der Waals surface area contributed by atoms with Gasteiger partial charge in [0.2, 0.25) is 0 Å². The molecule has 188 valence electrons. The summed E-state index contributed by atoms with van der Waals surface area (Å²) in [6.07, 6.45) is -1.57. The summed E-state index contributed by atoms with van der Waals surface area (Å²) in [5, 5.41) is 23.1. The predicted octanol–water partition coefficient (Wildman–Crippen LogP) is 2.00. The van der Waals surface area contributed by atoms with E-state index in [9.17, 15) is 29.4 Å². The van der Waals surface area contributed by atoms with Crippen molar-refractivity contribution in [3.63, 3.8) is 0 Å². The van der Waals surface area contributed by atoms with E-state index in [1.165, 1.54) is 6.92 Å². The third-order valence-electron chi connectivity index (χ3n) is 10.4. The standard InChI is InChI=1S/C26H36O8/c1-12-11-13-23(4)10-9-14(27)22(2,3)16(23)15(28)18(29)25(13,6)17-19(30)34-26(7,21(32)33-8)20(31)24(12,17)5/h13,15-18,28-29H,1,9-11H2,2-8H3/t13-,15+,16+,17+,18+,23-,24+,25-,26-/m0/s1. The molecule has 3 saturated carbocycles. The average molecular weight is 477 g/mol. The Morgan fingerprint density at radius 1 is 1.09 bits per heavy atom. The van der Waals surface area contributed by atoms with Crippen molar-refractivity contribution in [1.29, 1.82) is 0 Å². The molecule has 34 heavy (non-hydrogen) atoms. The smallest absolute Gasteiger partial charge is 0.358 e. The number of carbonyl (C=O) groups excluding carboxylic acids is 4. The maximum atomic E-state index is 13.8. The third kappa shape index (κ3) is 2.56. The maximum Gasteiger partial charge on any atom is 0.358 e. The first-order chi connectivity index (χ1) is 15.5. The second-order valence-electron chi connectivity index (χ2n) is 12.2. The molecule has 0 bridgehead atoms. The Bertz CT molecular complexity index is 1010. The number of ketones is 2. The number of aliphatic hydroxyl groups is 2. The predicted molar refractivity (Wildman–Crippen MR) is 120 cm³/mol. The molecule has 4 rings (SSSR count). The van der Waals surface area contributed by atoms with Gasteiger partial charge in [0.25, 0.3) is 5.60 Å². The molecule has 0 spiro atoms. The molecule has 4 aliphatic rings. The van der Waals surface area contributed by atoms with Crippen LogP contribution in [0.3, 0.4) is 0 Å². The first-order valence-electron chi connectivity index (χ1n) is 11.9. The van der Waals surface area contributed by atoms with Crippen molar-refractivity contribution in [2.45, 2.75) is 78.6 Å². The molecule has 1 saturated heterocycles. The van der Waals surface area contributed by atoms with Gasteiger partial charge in [0, 0.05) is 23.2 Å². The number of rotatable bonds is 1. The molecule has 2 N–H and O–H groups in total. The number of esters is 2. The van der Waals surface area contributed by atoms with Crippen LogP contribution in [0.15, 0.2) is 12.2 Å². The van der Waals surface area contributed by atoms with Crippen LogP contribution < -0.4 is 0 Å². The molecule has 0 amide bonds. The maximum absolute atomic E-state index is 13.8. The van der Waals surface area contributed by atoms with Crippen molar-refractivity contribution >= 4 is 23.5 Å². The molecular weight excluding hydrogens is 440 g/mol. The molecule has 0 aromatic carbocycles. The van der Waals surface area contributed by atoms with Gasteiger partial charge in [-0.05, 0) is 38.0 Å². The van der Waals surface area contributed by atoms with E-state index in [0.717, 1.165) is 7.11 Å². The van der Waals surface area contributed by atoms with Gasteiger partial charge >= 0.3 is 11.9 Å². The van der Waals surface area contributed by atoms with Crippen molar-refractivity contribution in [1.82, 2.24) is 0 Å². The van der Waals surface area contributed by atoms with Gasteiger partial charge in [0.1, 0.15) is 5.78 Å². The van der Waals surface area contributed by atoms with E-state index in [4.69, 9.17) is 9.47 Å². The quantitative estimate of drug-likeness (QED) is 0.334. The van der Waals surface area contributed by atoms with Crippen LogP contribution in [0.1, 0.15) is 60.8 Å². The number of carbonyl (C=O) groups is 4. The summed E-state index contributed by atoms with van der Waals surface area (Å²) in [4.78, 5) is 52.8. The highest BCUT2D eigenvalue weighted by molar-refractivity contribution is 6.15. The fraction of sp³-hybridized carbons (Fsp3) is 0.769. The van der Waals surface area contributed by atoms with E-state index in [1.807, 2.05) is 6.92 Å². The Morgan fingerprint density at radius 3 is 2.24 bits per heavy atom. The summed E-state index contributed by atoms with van der Waals surface area (Å²) >= 11 is 0. The van der Waals surface area contributed by atoms with Crippen LogP contribution in [0.2, 0.25) is 0 Å². The molecule has 3 aliphatic carbocycles. The summed E-state index contributed by atoms with van der Waals surface area (Å²) < 4.78 is 10.3. The highest BCUT2D eigenvalue weighted by atomic mass is 16.6. The summed E-state index contributed by atoms with van der Waals surface area (Å²) in [6, 6.07) is 0. The monoisotopic (exact) mass is 476 g/mol. The lowest BCUT2D eigenvalue weighted by atomic mass is 9.34. The second kappa shape index (κ2) is 7.00. The van der Waals surface area contributed by atoms with E-state index in [-0.39, 0.29) is 11.7 Å². The topological polar surface area (TPSA) is 127 Å². The summed E-state index contributed by atoms with van der Waals surface area (Å²) in [7, 11) is 1.12. The minimum atomic E-state index is -2.13. The Balaban J connectivity index is 1.92. The lowest BCUT2D eigenvalue weighted by Crippen LogP contribution is -2.76. The molecule has 8 heteroatoms. The molecule has 9 atom stereocenters. The molecule has 8 nitrogen and oxygen atoms in total. The number of hydrogen-bond acceptors (Lipinski definition) is 8. The van der Waals surface area contributed by atoms with Crippen molar-refractivity contribution in [3.05, 3.63) is 12.2 Å². The highest BCUT2D eigenvalue weighted by Gasteiger charge is 2.77. The third-order valence-corrected chi connectivity index (χ3v) is 10.4. The van der Waals surface area contributed by atoms with E-state index in [0.29, 0.717) is 24.8 Å². The molecule has 0 aromatic rings.